The van der Waals surface area contributed by atoms with E-state index in [0.29, 0.717) is 24.2 Å². The average molecular weight is 586 g/mol. The third-order valence-electron chi connectivity index (χ3n) is 11.1. The van der Waals surface area contributed by atoms with Gasteiger partial charge >= 0.3 is 5.97 Å². The Morgan fingerprint density at radius 3 is 2.38 bits per heavy atom. The number of hydrogen-bond acceptors (Lipinski definition) is 7. The van der Waals surface area contributed by atoms with Crippen molar-refractivity contribution < 1.29 is 34.5 Å². The van der Waals surface area contributed by atoms with Crippen molar-refractivity contribution in [3.8, 4) is 12.3 Å². The van der Waals surface area contributed by atoms with Gasteiger partial charge in [-0.2, -0.15) is 0 Å². The van der Waals surface area contributed by atoms with Crippen LogP contribution in [-0.2, 0) is 19.2 Å². The van der Waals surface area contributed by atoms with Crippen LogP contribution in [0.2, 0.25) is 0 Å². The zero-order valence-corrected chi connectivity index (χ0v) is 25.5. The molecule has 42 heavy (non-hydrogen) atoms. The van der Waals surface area contributed by atoms with Gasteiger partial charge in [-0.1, -0.05) is 44.3 Å². The van der Waals surface area contributed by atoms with Gasteiger partial charge in [-0.05, 0) is 93.5 Å². The number of carbonyl (C=O) groups excluding carboxylic acids is 2. The number of carboxylic acid groups (broad SMARTS) is 1. The molecule has 0 bridgehead atoms. The largest absolute Gasteiger partial charge is 0.480 e. The third kappa shape index (κ3) is 5.70. The molecule has 0 aromatic heterocycles. The van der Waals surface area contributed by atoms with Crippen molar-refractivity contribution >= 4 is 23.5 Å². The Morgan fingerprint density at radius 2 is 1.76 bits per heavy atom. The Labute approximate surface area is 248 Å². The van der Waals surface area contributed by atoms with Gasteiger partial charge in [0.2, 0.25) is 5.91 Å². The highest BCUT2D eigenvalue weighted by Crippen LogP contribution is 2.67. The zero-order valence-electron chi connectivity index (χ0n) is 25.5. The average Bonchev–Trinajstić information content (AvgIpc) is 3.20. The van der Waals surface area contributed by atoms with Crippen molar-refractivity contribution in [3.05, 3.63) is 11.6 Å². The molecule has 9 atom stereocenters. The fourth-order valence-electron chi connectivity index (χ4n) is 8.45. The van der Waals surface area contributed by atoms with E-state index >= 15 is 0 Å². The quantitative estimate of drug-likeness (QED) is 0.206. The maximum absolute atomic E-state index is 12.7. The van der Waals surface area contributed by atoms with Crippen LogP contribution in [0, 0.1) is 46.8 Å². The molecule has 4 aliphatic rings. The smallest absolute Gasteiger partial charge is 0.328 e. The molecular weight excluding hydrogens is 538 g/mol. The molecule has 4 aliphatic carbocycles. The Kier molecular flexibility index (Phi) is 9.15. The number of carboxylic acids is 1. The van der Waals surface area contributed by atoms with E-state index in [2.05, 4.69) is 41.6 Å². The second kappa shape index (κ2) is 12.0. The minimum atomic E-state index is -1.49. The van der Waals surface area contributed by atoms with E-state index in [0.717, 1.165) is 50.7 Å². The van der Waals surface area contributed by atoms with Crippen LogP contribution in [0.5, 0.6) is 0 Å². The van der Waals surface area contributed by atoms with Crippen LogP contribution in [0.1, 0.15) is 86.0 Å². The Balaban J connectivity index is 1.36. The summed E-state index contributed by atoms with van der Waals surface area (Å²) in [6, 6.07) is -2.49. The predicted molar refractivity (Wildman–Crippen MR) is 157 cm³/mol. The first-order valence-corrected chi connectivity index (χ1v) is 15.3. The first kappa shape index (κ1) is 32.0. The summed E-state index contributed by atoms with van der Waals surface area (Å²) >= 11 is 0. The second-order valence-corrected chi connectivity index (χ2v) is 13.7. The number of amides is 2. The first-order chi connectivity index (χ1) is 19.7. The second-order valence-electron chi connectivity index (χ2n) is 13.7. The summed E-state index contributed by atoms with van der Waals surface area (Å²) in [5.74, 6) is 1.31. The number of terminal acetylenes is 1. The Hall–Kier alpha value is -2.90. The van der Waals surface area contributed by atoms with Crippen LogP contribution in [0.15, 0.2) is 16.8 Å². The lowest BCUT2D eigenvalue weighted by molar-refractivity contribution is -0.145. The molecule has 10 nitrogen and oxygen atoms in total. The summed E-state index contributed by atoms with van der Waals surface area (Å²) in [7, 11) is 0. The molecule has 0 saturated heterocycles. The highest BCUT2D eigenvalue weighted by molar-refractivity contribution is 5.96. The number of aliphatic hydroxyl groups is 2. The molecule has 10 heteroatoms. The van der Waals surface area contributed by atoms with Crippen LogP contribution in [-0.4, -0.2) is 69.2 Å². The van der Waals surface area contributed by atoms with E-state index in [4.69, 9.17) is 11.3 Å². The van der Waals surface area contributed by atoms with E-state index in [-0.39, 0.29) is 23.4 Å². The number of nitrogens with zero attached hydrogens (tertiary/aromatic N) is 1. The normalized spacial score (nSPS) is 36.8. The number of oxime groups is 1. The molecule has 0 unspecified atom stereocenters. The van der Waals surface area contributed by atoms with E-state index in [1.807, 2.05) is 0 Å². The highest BCUT2D eigenvalue weighted by Gasteiger charge is 2.63. The predicted octanol–water partition coefficient (Wildman–Crippen LogP) is 2.78. The number of fused-ring (bicyclic) bond motifs is 5. The standard InChI is InChI=1S/C32H47N3O7/c1-7-32(41)15-12-24-22-9-8-20-16-21(10-13-30(20,5)23(22)11-14-31(24,32)6)35-42-17-25(37)33-26(18(2)3)28(38)34-27(19(4)36)29(39)40/h1,16,18-19,22-24,26-27,36,41H,8-15,17H2,2-6H3,(H,33,37)(H,34,38)(H,39,40)/b35-21+/t19-,22-,23-,24-,26-,27+,30+,31+,32-/m1/s1. The number of nitrogens with one attached hydrogen (secondary N) is 2. The third-order valence-corrected chi connectivity index (χ3v) is 11.1. The van der Waals surface area contributed by atoms with Gasteiger partial charge in [0.15, 0.2) is 12.6 Å². The van der Waals surface area contributed by atoms with Crippen molar-refractivity contribution in [3.63, 3.8) is 0 Å². The molecule has 0 aromatic carbocycles. The molecule has 0 aliphatic heterocycles. The minimum Gasteiger partial charge on any atom is -0.480 e. The summed E-state index contributed by atoms with van der Waals surface area (Å²) in [6.45, 7) is 8.89. The van der Waals surface area contributed by atoms with Gasteiger partial charge in [-0.3, -0.25) is 9.59 Å². The number of rotatable bonds is 9. The van der Waals surface area contributed by atoms with Crippen LogP contribution in [0.3, 0.4) is 0 Å². The van der Waals surface area contributed by atoms with Gasteiger partial charge in [-0.15, -0.1) is 6.42 Å². The fourth-order valence-corrected chi connectivity index (χ4v) is 8.45. The van der Waals surface area contributed by atoms with Gasteiger partial charge in [0.25, 0.3) is 5.91 Å². The molecule has 3 fully saturated rings. The lowest BCUT2D eigenvalue weighted by atomic mass is 9.46. The van der Waals surface area contributed by atoms with E-state index < -0.39 is 41.6 Å². The number of aliphatic hydroxyl groups excluding tert-OH is 1. The number of allylic oxidation sites excluding steroid dienone is 2. The van der Waals surface area contributed by atoms with Crippen molar-refractivity contribution in [2.24, 2.45) is 39.7 Å². The van der Waals surface area contributed by atoms with E-state index in [1.165, 1.54) is 12.5 Å². The van der Waals surface area contributed by atoms with Crippen molar-refractivity contribution in [1.29, 1.82) is 0 Å². The van der Waals surface area contributed by atoms with Crippen LogP contribution in [0.25, 0.3) is 0 Å². The summed E-state index contributed by atoms with van der Waals surface area (Å²) in [5.41, 5.74) is 0.998. The molecule has 0 aromatic rings. The number of carbonyl (C=O) groups is 3. The van der Waals surface area contributed by atoms with Crippen molar-refractivity contribution in [1.82, 2.24) is 10.6 Å². The first-order valence-electron chi connectivity index (χ1n) is 15.3. The van der Waals surface area contributed by atoms with E-state index in [9.17, 15) is 29.7 Å². The molecule has 2 amide bonds. The molecule has 4 rings (SSSR count). The van der Waals surface area contributed by atoms with Crippen LogP contribution < -0.4 is 10.6 Å². The van der Waals surface area contributed by atoms with Crippen LogP contribution in [0.4, 0.5) is 0 Å². The lowest BCUT2D eigenvalue weighted by Gasteiger charge is -2.58. The molecule has 0 heterocycles. The summed E-state index contributed by atoms with van der Waals surface area (Å²) in [4.78, 5) is 42.0. The summed E-state index contributed by atoms with van der Waals surface area (Å²) in [6.07, 6.45) is 14.0. The van der Waals surface area contributed by atoms with Gasteiger partial charge < -0.3 is 30.8 Å². The lowest BCUT2D eigenvalue weighted by Crippen LogP contribution is -2.56. The molecular formula is C32H47N3O7. The van der Waals surface area contributed by atoms with Gasteiger partial charge in [0.05, 0.1) is 11.8 Å². The Bertz CT molecular complexity index is 1190. The minimum absolute atomic E-state index is 0.0647. The topological polar surface area (TPSA) is 158 Å². The number of hydrogen-bond donors (Lipinski definition) is 5. The fraction of sp³-hybridized carbons (Fsp3) is 0.750. The Morgan fingerprint density at radius 1 is 1.07 bits per heavy atom. The maximum atomic E-state index is 12.7. The van der Waals surface area contributed by atoms with Crippen molar-refractivity contribution in [2.75, 3.05) is 6.61 Å². The molecule has 5 N–H and O–H groups in total. The summed E-state index contributed by atoms with van der Waals surface area (Å²) < 4.78 is 0. The number of aliphatic carboxylic acids is 1. The molecule has 0 radical (unpaired) electrons. The van der Waals surface area contributed by atoms with Gasteiger partial charge in [0, 0.05) is 5.41 Å². The van der Waals surface area contributed by atoms with E-state index in [1.54, 1.807) is 13.8 Å². The molecule has 3 saturated carbocycles. The van der Waals surface area contributed by atoms with Gasteiger partial charge in [0.1, 0.15) is 11.6 Å². The summed E-state index contributed by atoms with van der Waals surface area (Å²) in [5, 5.41) is 39.2. The van der Waals surface area contributed by atoms with Gasteiger partial charge in [-0.25, -0.2) is 4.79 Å². The zero-order chi connectivity index (χ0) is 31.0. The molecule has 232 valence electrons. The maximum Gasteiger partial charge on any atom is 0.328 e. The van der Waals surface area contributed by atoms with Crippen molar-refractivity contribution in [2.45, 2.75) is 110 Å². The highest BCUT2D eigenvalue weighted by atomic mass is 16.6. The molecule has 0 spiro atoms. The SMILES string of the molecule is C#C[C@@]1(O)CC[C@@H]2[C@@H]3CCC4=C/C(=N/OCC(=O)N[C@@H](C(=O)N[C@H](C(=O)O)[C@@H](C)O)C(C)C)CC[C@]4(C)[C@@H]3CC[C@@]21C. The monoisotopic (exact) mass is 585 g/mol. The van der Waals surface area contributed by atoms with Crippen LogP contribution >= 0.6 is 0 Å².